The molecule has 1 nitrogen and oxygen atoms in total. The van der Waals surface area contributed by atoms with Gasteiger partial charge in [0.05, 0.1) is 6.42 Å². The lowest BCUT2D eigenvalue weighted by molar-refractivity contribution is -0.115. The highest BCUT2D eigenvalue weighted by Crippen LogP contribution is 2.04. The minimum Gasteiger partial charge on any atom is -0.299 e. The summed E-state index contributed by atoms with van der Waals surface area (Å²) >= 11 is 0. The summed E-state index contributed by atoms with van der Waals surface area (Å²) in [7, 11) is 0. The Morgan fingerprint density at radius 3 is 2.58 bits per heavy atom. The fourth-order valence-corrected chi connectivity index (χ4v) is 1.05. The van der Waals surface area contributed by atoms with Crippen LogP contribution in [0.25, 0.3) is 0 Å². The topological polar surface area (TPSA) is 17.1 Å². The van der Waals surface area contributed by atoms with E-state index in [0.717, 1.165) is 12.0 Å². The molecule has 0 heterocycles. The van der Waals surface area contributed by atoms with Gasteiger partial charge in [-0.1, -0.05) is 37.3 Å². The van der Waals surface area contributed by atoms with Gasteiger partial charge >= 0.3 is 0 Å². The lowest BCUT2D eigenvalue weighted by Gasteiger charge is -1.97. The van der Waals surface area contributed by atoms with Crippen molar-refractivity contribution >= 4 is 5.78 Å². The molecule has 1 heteroatoms. The van der Waals surface area contributed by atoms with E-state index in [1.807, 2.05) is 37.3 Å². The summed E-state index contributed by atoms with van der Waals surface area (Å²) in [5, 5.41) is 0. The van der Waals surface area contributed by atoms with Crippen LogP contribution in [-0.4, -0.2) is 5.78 Å². The number of carbonyl (C=O) groups excluding carboxylic acids is 1. The molecule has 63 valence electrons. The maximum absolute atomic E-state index is 11.2. The molecule has 0 fully saturated rings. The molecule has 0 N–H and O–H groups in total. The lowest BCUT2D eigenvalue weighted by atomic mass is 10.1. The van der Waals surface area contributed by atoms with Crippen LogP contribution in [0.1, 0.15) is 25.3 Å². The number of rotatable bonds is 4. The predicted octanol–water partition coefficient (Wildman–Crippen LogP) is 2.61. The fourth-order valence-electron chi connectivity index (χ4n) is 1.05. The van der Waals surface area contributed by atoms with Gasteiger partial charge in [0, 0.05) is 6.42 Å². The molecule has 0 aliphatic heterocycles. The van der Waals surface area contributed by atoms with Gasteiger partial charge in [-0.3, -0.25) is 4.79 Å². The van der Waals surface area contributed by atoms with Gasteiger partial charge < -0.3 is 0 Å². The third-order valence-electron chi connectivity index (χ3n) is 1.62. The van der Waals surface area contributed by atoms with E-state index in [1.165, 1.54) is 0 Å². The van der Waals surface area contributed by atoms with Gasteiger partial charge in [-0.05, 0) is 12.0 Å². The second kappa shape index (κ2) is 4.70. The first kappa shape index (κ1) is 8.98. The van der Waals surface area contributed by atoms with Crippen molar-refractivity contribution in [2.45, 2.75) is 19.8 Å². The molecular formula is C11H13O. The standard InChI is InChI=1S/C11H13O/c1-2-6-11(12)9-10-7-4-3-5-8-10/h3-5,7-9H,2,6H2,1H3. The highest BCUT2D eigenvalue weighted by Gasteiger charge is 2.01. The molecule has 0 aliphatic carbocycles. The minimum absolute atomic E-state index is 0.212. The molecule has 0 aliphatic rings. The van der Waals surface area contributed by atoms with Crippen molar-refractivity contribution in [2.24, 2.45) is 0 Å². The van der Waals surface area contributed by atoms with Gasteiger partial charge in [0.15, 0.2) is 0 Å². The van der Waals surface area contributed by atoms with Crippen molar-refractivity contribution in [1.29, 1.82) is 0 Å². The molecule has 0 amide bonds. The second-order valence-corrected chi connectivity index (χ2v) is 2.77. The highest BCUT2D eigenvalue weighted by molar-refractivity contribution is 5.90. The van der Waals surface area contributed by atoms with E-state index in [2.05, 4.69) is 0 Å². The summed E-state index contributed by atoms with van der Waals surface area (Å²) in [6, 6.07) is 9.69. The van der Waals surface area contributed by atoms with Crippen LogP contribution >= 0.6 is 0 Å². The van der Waals surface area contributed by atoms with E-state index < -0.39 is 0 Å². The third kappa shape index (κ3) is 2.87. The predicted molar refractivity (Wildman–Crippen MR) is 49.8 cm³/mol. The SMILES string of the molecule is CCCC(=O)[CH]c1ccccc1. The average molecular weight is 161 g/mol. The van der Waals surface area contributed by atoms with Crippen LogP contribution in [0.5, 0.6) is 0 Å². The fraction of sp³-hybridized carbons (Fsp3) is 0.273. The smallest absolute Gasteiger partial charge is 0.141 e. The molecule has 0 saturated carbocycles. The molecule has 0 bridgehead atoms. The van der Waals surface area contributed by atoms with Gasteiger partial charge in [-0.25, -0.2) is 0 Å². The van der Waals surface area contributed by atoms with E-state index in [4.69, 9.17) is 0 Å². The number of ketones is 1. The molecule has 0 saturated heterocycles. The molecule has 1 aromatic carbocycles. The monoisotopic (exact) mass is 161 g/mol. The largest absolute Gasteiger partial charge is 0.299 e. The summed E-state index contributed by atoms with van der Waals surface area (Å²) in [5.74, 6) is 0.212. The van der Waals surface area contributed by atoms with Crippen LogP contribution in [0.15, 0.2) is 30.3 Å². The Kier molecular flexibility index (Phi) is 3.52. The van der Waals surface area contributed by atoms with E-state index in [9.17, 15) is 4.79 Å². The molecule has 0 spiro atoms. The van der Waals surface area contributed by atoms with Gasteiger partial charge in [-0.15, -0.1) is 0 Å². The summed E-state index contributed by atoms with van der Waals surface area (Å²) in [4.78, 5) is 11.2. The summed E-state index contributed by atoms with van der Waals surface area (Å²) in [6.07, 6.45) is 3.26. The van der Waals surface area contributed by atoms with Gasteiger partial charge in [0.25, 0.3) is 0 Å². The first-order chi connectivity index (χ1) is 5.83. The van der Waals surface area contributed by atoms with Crippen LogP contribution in [0.3, 0.4) is 0 Å². The number of carbonyl (C=O) groups is 1. The summed E-state index contributed by atoms with van der Waals surface area (Å²) in [6.45, 7) is 2.01. The Bertz CT molecular complexity index is 238. The van der Waals surface area contributed by atoms with Crippen molar-refractivity contribution in [2.75, 3.05) is 0 Å². The average Bonchev–Trinajstić information content (AvgIpc) is 2.06. The Labute approximate surface area is 73.4 Å². The first-order valence-corrected chi connectivity index (χ1v) is 4.25. The van der Waals surface area contributed by atoms with Crippen molar-refractivity contribution in [1.82, 2.24) is 0 Å². The summed E-state index contributed by atoms with van der Waals surface area (Å²) < 4.78 is 0. The summed E-state index contributed by atoms with van der Waals surface area (Å²) in [5.41, 5.74) is 0.996. The second-order valence-electron chi connectivity index (χ2n) is 2.77. The quantitative estimate of drug-likeness (QED) is 0.663. The Hall–Kier alpha value is -1.11. The lowest BCUT2D eigenvalue weighted by Crippen LogP contribution is -1.98. The van der Waals surface area contributed by atoms with E-state index in [-0.39, 0.29) is 5.78 Å². The van der Waals surface area contributed by atoms with Crippen molar-refractivity contribution in [3.8, 4) is 0 Å². The number of Topliss-reactive ketones (excluding diaryl/α,β-unsaturated/α-hetero) is 1. The minimum atomic E-state index is 0.212. The Balaban J connectivity index is 2.47. The van der Waals surface area contributed by atoms with Crippen molar-refractivity contribution < 1.29 is 4.79 Å². The molecule has 1 aromatic rings. The number of hydrogen-bond acceptors (Lipinski definition) is 1. The first-order valence-electron chi connectivity index (χ1n) is 4.25. The zero-order valence-corrected chi connectivity index (χ0v) is 7.29. The van der Waals surface area contributed by atoms with Gasteiger partial charge in [-0.2, -0.15) is 0 Å². The molecule has 0 aromatic heterocycles. The zero-order chi connectivity index (χ0) is 8.81. The van der Waals surface area contributed by atoms with Crippen molar-refractivity contribution in [3.63, 3.8) is 0 Å². The van der Waals surface area contributed by atoms with E-state index in [0.29, 0.717) is 6.42 Å². The van der Waals surface area contributed by atoms with E-state index in [1.54, 1.807) is 6.42 Å². The number of hydrogen-bond donors (Lipinski definition) is 0. The number of benzene rings is 1. The normalized spacial score (nSPS) is 9.75. The Morgan fingerprint density at radius 1 is 1.33 bits per heavy atom. The third-order valence-corrected chi connectivity index (χ3v) is 1.62. The molecule has 12 heavy (non-hydrogen) atoms. The van der Waals surface area contributed by atoms with Crippen LogP contribution < -0.4 is 0 Å². The zero-order valence-electron chi connectivity index (χ0n) is 7.29. The van der Waals surface area contributed by atoms with Crippen LogP contribution in [0.4, 0.5) is 0 Å². The molecule has 1 rings (SSSR count). The maximum Gasteiger partial charge on any atom is 0.141 e. The molecule has 0 atom stereocenters. The van der Waals surface area contributed by atoms with Gasteiger partial charge in [0.1, 0.15) is 5.78 Å². The van der Waals surface area contributed by atoms with Crippen LogP contribution in [0, 0.1) is 6.42 Å². The molecular weight excluding hydrogens is 148 g/mol. The maximum atomic E-state index is 11.2. The van der Waals surface area contributed by atoms with Crippen LogP contribution in [0.2, 0.25) is 0 Å². The highest BCUT2D eigenvalue weighted by atomic mass is 16.1. The van der Waals surface area contributed by atoms with Crippen LogP contribution in [-0.2, 0) is 4.79 Å². The molecule has 0 unspecified atom stereocenters. The molecule has 1 radical (unpaired) electrons. The Morgan fingerprint density at radius 2 is 2.00 bits per heavy atom. The van der Waals surface area contributed by atoms with Crippen molar-refractivity contribution in [3.05, 3.63) is 42.3 Å². The van der Waals surface area contributed by atoms with Gasteiger partial charge in [0.2, 0.25) is 0 Å². The van der Waals surface area contributed by atoms with E-state index >= 15 is 0 Å².